The lowest BCUT2D eigenvalue weighted by Gasteiger charge is -2.03. The van der Waals surface area contributed by atoms with E-state index in [9.17, 15) is 9.59 Å². The lowest BCUT2D eigenvalue weighted by molar-refractivity contribution is 0.110. The molecule has 1 rings (SSSR count). The Labute approximate surface area is 80.7 Å². The third kappa shape index (κ3) is 2.89. The molecule has 1 aromatic heterocycles. The highest BCUT2D eigenvalue weighted by Gasteiger charge is 2.00. The first-order chi connectivity index (χ1) is 6.74. The summed E-state index contributed by atoms with van der Waals surface area (Å²) in [6.07, 6.45) is 3.72. The van der Waals surface area contributed by atoms with Gasteiger partial charge in [-0.1, -0.05) is 0 Å². The summed E-state index contributed by atoms with van der Waals surface area (Å²) in [5.41, 5.74) is 4.77. The van der Waals surface area contributed by atoms with Gasteiger partial charge in [-0.3, -0.25) is 4.79 Å². The minimum atomic E-state index is -0.786. The molecule has 0 saturated carbocycles. The second-order valence-corrected chi connectivity index (χ2v) is 2.62. The molecule has 0 unspecified atom stereocenters. The zero-order valence-electron chi connectivity index (χ0n) is 7.55. The molecule has 1 heterocycles. The van der Waals surface area contributed by atoms with Crippen LogP contribution < -0.4 is 5.73 Å². The van der Waals surface area contributed by atoms with Gasteiger partial charge in [0.25, 0.3) is 0 Å². The van der Waals surface area contributed by atoms with E-state index in [1.54, 1.807) is 17.0 Å². The Morgan fingerprint density at radius 1 is 1.71 bits per heavy atom. The number of rotatable bonds is 5. The zero-order chi connectivity index (χ0) is 10.4. The molecule has 0 bridgehead atoms. The molecule has 0 aromatic carbocycles. The summed E-state index contributed by atoms with van der Waals surface area (Å²) in [5.74, 6) is 0.365. The van der Waals surface area contributed by atoms with Gasteiger partial charge in [-0.15, -0.1) is 0 Å². The Balaban J connectivity index is 2.31. The molecule has 6 heteroatoms. The Morgan fingerprint density at radius 3 is 3.14 bits per heavy atom. The van der Waals surface area contributed by atoms with Crippen molar-refractivity contribution in [3.8, 4) is 0 Å². The van der Waals surface area contributed by atoms with Gasteiger partial charge in [-0.05, 0) is 6.42 Å². The van der Waals surface area contributed by atoms with Crippen LogP contribution in [0.3, 0.4) is 0 Å². The van der Waals surface area contributed by atoms with Crippen LogP contribution in [0.1, 0.15) is 17.0 Å². The quantitative estimate of drug-likeness (QED) is 0.538. The van der Waals surface area contributed by atoms with Crippen molar-refractivity contribution in [2.45, 2.75) is 13.0 Å². The number of aryl methyl sites for hydroxylation is 1. The monoisotopic (exact) mass is 197 g/mol. The summed E-state index contributed by atoms with van der Waals surface area (Å²) < 4.78 is 6.21. The average molecular weight is 197 g/mol. The number of amides is 1. The fourth-order valence-corrected chi connectivity index (χ4v) is 1.04. The fourth-order valence-electron chi connectivity index (χ4n) is 1.04. The van der Waals surface area contributed by atoms with E-state index in [1.165, 1.54) is 0 Å². The third-order valence-corrected chi connectivity index (χ3v) is 1.64. The average Bonchev–Trinajstić information content (AvgIpc) is 2.59. The highest BCUT2D eigenvalue weighted by molar-refractivity contribution is 5.69. The Bertz CT molecular complexity index is 321. The van der Waals surface area contributed by atoms with Gasteiger partial charge in [0.05, 0.1) is 6.61 Å². The van der Waals surface area contributed by atoms with Gasteiger partial charge in [0.2, 0.25) is 0 Å². The van der Waals surface area contributed by atoms with Crippen molar-refractivity contribution in [2.24, 2.45) is 5.73 Å². The largest absolute Gasteiger partial charge is 0.450 e. The van der Waals surface area contributed by atoms with Gasteiger partial charge in [0.1, 0.15) is 0 Å². The maximum atomic E-state index is 10.4. The topological polar surface area (TPSA) is 87.2 Å². The molecule has 0 fully saturated rings. The Hall–Kier alpha value is -1.85. The van der Waals surface area contributed by atoms with E-state index in [1.807, 2.05) is 0 Å². The highest BCUT2D eigenvalue weighted by Crippen LogP contribution is 1.96. The normalized spacial score (nSPS) is 9.71. The van der Waals surface area contributed by atoms with Gasteiger partial charge in [0, 0.05) is 18.9 Å². The number of hydrogen-bond acceptors (Lipinski definition) is 4. The SMILES string of the molecule is NC(=O)OCCCn1ccnc1C=O. The Kier molecular flexibility index (Phi) is 3.66. The van der Waals surface area contributed by atoms with Gasteiger partial charge in [-0.2, -0.15) is 0 Å². The van der Waals surface area contributed by atoms with Gasteiger partial charge in [-0.25, -0.2) is 9.78 Å². The molecule has 0 saturated heterocycles. The van der Waals surface area contributed by atoms with Crippen molar-refractivity contribution in [1.82, 2.24) is 9.55 Å². The maximum Gasteiger partial charge on any atom is 0.404 e. The fraction of sp³-hybridized carbons (Fsp3) is 0.375. The van der Waals surface area contributed by atoms with Gasteiger partial charge < -0.3 is 15.0 Å². The number of nitrogens with two attached hydrogens (primary N) is 1. The molecular weight excluding hydrogens is 186 g/mol. The predicted octanol–water partition coefficient (Wildman–Crippen LogP) is 0.181. The lowest BCUT2D eigenvalue weighted by Crippen LogP contribution is -2.15. The molecule has 0 aliphatic carbocycles. The van der Waals surface area contributed by atoms with Crippen LogP contribution in [0.25, 0.3) is 0 Å². The van der Waals surface area contributed by atoms with Crippen LogP contribution in [0, 0.1) is 0 Å². The summed E-state index contributed by atoms with van der Waals surface area (Å²) in [5, 5.41) is 0. The number of primary amides is 1. The highest BCUT2D eigenvalue weighted by atomic mass is 16.5. The minimum absolute atomic E-state index is 0.242. The second-order valence-electron chi connectivity index (χ2n) is 2.62. The number of nitrogens with zero attached hydrogens (tertiary/aromatic N) is 2. The van der Waals surface area contributed by atoms with E-state index >= 15 is 0 Å². The molecule has 0 radical (unpaired) electrons. The molecule has 6 nitrogen and oxygen atoms in total. The number of aldehydes is 1. The van der Waals surface area contributed by atoms with Crippen molar-refractivity contribution in [1.29, 1.82) is 0 Å². The van der Waals surface area contributed by atoms with Crippen LogP contribution in [0.2, 0.25) is 0 Å². The minimum Gasteiger partial charge on any atom is -0.450 e. The standard InChI is InChI=1S/C8H11N3O3/c9-8(13)14-5-1-3-11-4-2-10-7(11)6-12/h2,4,6H,1,3,5H2,(H2,9,13). The van der Waals surface area contributed by atoms with E-state index < -0.39 is 6.09 Å². The van der Waals surface area contributed by atoms with Crippen LogP contribution in [0.4, 0.5) is 4.79 Å². The molecule has 0 aliphatic heterocycles. The molecule has 0 spiro atoms. The van der Waals surface area contributed by atoms with Crippen molar-refractivity contribution >= 4 is 12.4 Å². The summed E-state index contributed by atoms with van der Waals surface area (Å²) in [6, 6.07) is 0. The number of carbonyl (C=O) groups excluding carboxylic acids is 2. The molecular formula is C8H11N3O3. The number of carbonyl (C=O) groups is 2. The summed E-state index contributed by atoms with van der Waals surface area (Å²) in [4.78, 5) is 24.5. The number of hydrogen-bond donors (Lipinski definition) is 1. The summed E-state index contributed by atoms with van der Waals surface area (Å²) in [6.45, 7) is 0.813. The van der Waals surface area contributed by atoms with Crippen molar-refractivity contribution < 1.29 is 14.3 Å². The number of imidazole rings is 1. The van der Waals surface area contributed by atoms with E-state index in [-0.39, 0.29) is 6.61 Å². The van der Waals surface area contributed by atoms with Crippen molar-refractivity contribution in [3.63, 3.8) is 0 Å². The summed E-state index contributed by atoms with van der Waals surface area (Å²) >= 11 is 0. The van der Waals surface area contributed by atoms with Crippen LogP contribution in [0.15, 0.2) is 12.4 Å². The zero-order valence-corrected chi connectivity index (χ0v) is 7.55. The number of aromatic nitrogens is 2. The molecule has 14 heavy (non-hydrogen) atoms. The van der Waals surface area contributed by atoms with Crippen molar-refractivity contribution in [2.75, 3.05) is 6.61 Å². The smallest absolute Gasteiger partial charge is 0.404 e. The van der Waals surface area contributed by atoms with Crippen LogP contribution in [-0.2, 0) is 11.3 Å². The van der Waals surface area contributed by atoms with E-state index in [0.29, 0.717) is 25.1 Å². The molecule has 0 aliphatic rings. The van der Waals surface area contributed by atoms with Crippen LogP contribution >= 0.6 is 0 Å². The van der Waals surface area contributed by atoms with E-state index in [0.717, 1.165) is 0 Å². The molecule has 1 aromatic rings. The molecule has 1 amide bonds. The predicted molar refractivity (Wildman–Crippen MR) is 47.8 cm³/mol. The van der Waals surface area contributed by atoms with E-state index in [4.69, 9.17) is 5.73 Å². The second kappa shape index (κ2) is 5.00. The first-order valence-corrected chi connectivity index (χ1v) is 4.12. The third-order valence-electron chi connectivity index (χ3n) is 1.64. The summed E-state index contributed by atoms with van der Waals surface area (Å²) in [7, 11) is 0. The van der Waals surface area contributed by atoms with Crippen molar-refractivity contribution in [3.05, 3.63) is 18.2 Å². The maximum absolute atomic E-state index is 10.4. The first-order valence-electron chi connectivity index (χ1n) is 4.12. The first kappa shape index (κ1) is 10.2. The van der Waals surface area contributed by atoms with Crippen LogP contribution in [0.5, 0.6) is 0 Å². The number of ether oxygens (including phenoxy) is 1. The Morgan fingerprint density at radius 2 is 2.50 bits per heavy atom. The van der Waals surface area contributed by atoms with Gasteiger partial charge in [0.15, 0.2) is 12.1 Å². The lowest BCUT2D eigenvalue weighted by atomic mass is 10.4. The molecule has 0 atom stereocenters. The van der Waals surface area contributed by atoms with E-state index in [2.05, 4.69) is 9.72 Å². The molecule has 2 N–H and O–H groups in total. The van der Waals surface area contributed by atoms with Crippen LogP contribution in [-0.4, -0.2) is 28.5 Å². The molecule has 76 valence electrons. The van der Waals surface area contributed by atoms with Gasteiger partial charge >= 0.3 is 6.09 Å².